The molecule has 0 saturated heterocycles. The van der Waals surface area contributed by atoms with Crippen LogP contribution in [0.2, 0.25) is 0 Å². The minimum Gasteiger partial charge on any atom is -0.224 e. The van der Waals surface area contributed by atoms with E-state index in [2.05, 4.69) is 0 Å². The molecule has 6 nitrogen and oxygen atoms in total. The Morgan fingerprint density at radius 1 is 0.500 bits per heavy atom. The molecule has 0 heterocycles. The van der Waals surface area contributed by atoms with Crippen LogP contribution in [0.4, 0.5) is 0 Å². The molecular weight excluding hydrogens is 444 g/mol. The average Bonchev–Trinajstić information content (AvgIpc) is 2.63. The molecule has 0 aliphatic heterocycles. The molecule has 0 N–H and O–H groups in total. The van der Waals surface area contributed by atoms with Crippen LogP contribution in [0, 0.1) is 17.8 Å². The van der Waals surface area contributed by atoms with Crippen molar-refractivity contribution in [3.63, 3.8) is 0 Å². The first-order chi connectivity index (χ1) is 13.6. The summed E-state index contributed by atoms with van der Waals surface area (Å²) in [5, 5.41) is 0. The van der Waals surface area contributed by atoms with Gasteiger partial charge in [-0.3, -0.25) is 0 Å². The molecule has 0 atom stereocenters. The maximum atomic E-state index is 12.8. The van der Waals surface area contributed by atoms with Gasteiger partial charge in [-0.2, -0.15) is 0 Å². The van der Waals surface area contributed by atoms with Crippen molar-refractivity contribution in [3.8, 4) is 0 Å². The van der Waals surface area contributed by atoms with Crippen molar-refractivity contribution in [2.45, 2.75) is 75.5 Å². The van der Waals surface area contributed by atoms with Crippen LogP contribution < -0.4 is 0 Å². The van der Waals surface area contributed by atoms with Crippen molar-refractivity contribution < 1.29 is 25.3 Å². The molecule has 1 aromatic rings. The second-order valence-corrected chi connectivity index (χ2v) is 15.5. The van der Waals surface area contributed by atoms with E-state index in [0.717, 1.165) is 18.2 Å². The summed E-state index contributed by atoms with van der Waals surface area (Å²) in [4.78, 5) is -0.717. The topological polar surface area (TPSA) is 102 Å². The van der Waals surface area contributed by atoms with Gasteiger partial charge in [0.05, 0.1) is 31.9 Å². The number of benzene rings is 1. The second kappa shape index (κ2) is 10.6. The summed E-state index contributed by atoms with van der Waals surface area (Å²) in [5.41, 5.74) is 0. The first-order valence-electron chi connectivity index (χ1n) is 10.4. The number of hydrogen-bond acceptors (Lipinski definition) is 6. The average molecular weight is 481 g/mol. The summed E-state index contributed by atoms with van der Waals surface area (Å²) in [6, 6.07) is 3.35. The monoisotopic (exact) mass is 480 g/mol. The van der Waals surface area contributed by atoms with Gasteiger partial charge in [0.15, 0.2) is 29.5 Å². The predicted molar refractivity (Wildman–Crippen MR) is 121 cm³/mol. The molecule has 1 rings (SSSR count). The molecule has 174 valence electrons. The molecule has 9 heteroatoms. The largest absolute Gasteiger partial charge is 0.224 e. The predicted octanol–water partition coefficient (Wildman–Crippen LogP) is 4.15. The molecule has 0 spiro atoms. The first-order valence-corrected chi connectivity index (χ1v) is 15.4. The molecule has 0 saturated carbocycles. The van der Waals surface area contributed by atoms with E-state index in [1.807, 2.05) is 41.5 Å². The van der Waals surface area contributed by atoms with Crippen molar-refractivity contribution in [1.29, 1.82) is 0 Å². The van der Waals surface area contributed by atoms with Crippen LogP contribution in [0.15, 0.2) is 32.9 Å². The smallest absolute Gasteiger partial charge is 0.178 e. The van der Waals surface area contributed by atoms with Crippen LogP contribution in [0.1, 0.15) is 60.8 Å². The highest BCUT2D eigenvalue weighted by Gasteiger charge is 2.26. The summed E-state index contributed by atoms with van der Waals surface area (Å²) in [6.45, 7) is 11.4. The van der Waals surface area contributed by atoms with Crippen LogP contribution in [0.3, 0.4) is 0 Å². The summed E-state index contributed by atoms with van der Waals surface area (Å²) < 4.78 is 77.0. The fourth-order valence-corrected chi connectivity index (χ4v) is 7.73. The zero-order valence-electron chi connectivity index (χ0n) is 18.9. The van der Waals surface area contributed by atoms with Crippen molar-refractivity contribution in [1.82, 2.24) is 0 Å². The fraction of sp³-hybridized carbons (Fsp3) is 0.714. The Bertz CT molecular complexity index is 873. The first kappa shape index (κ1) is 27.1. The van der Waals surface area contributed by atoms with Crippen molar-refractivity contribution in [2.75, 3.05) is 17.3 Å². The van der Waals surface area contributed by atoms with Gasteiger partial charge in [0.1, 0.15) is 0 Å². The highest BCUT2D eigenvalue weighted by Crippen LogP contribution is 2.27. The molecule has 1 aromatic carbocycles. The summed E-state index contributed by atoms with van der Waals surface area (Å²) >= 11 is 0. The third kappa shape index (κ3) is 8.30. The summed E-state index contributed by atoms with van der Waals surface area (Å²) in [6.07, 6.45) is 1.21. The zero-order valence-corrected chi connectivity index (χ0v) is 21.3. The lowest BCUT2D eigenvalue weighted by Gasteiger charge is -2.14. The quantitative estimate of drug-likeness (QED) is 0.445. The molecule has 0 unspecified atom stereocenters. The summed E-state index contributed by atoms with van der Waals surface area (Å²) in [5.74, 6) is -0.0472. The maximum absolute atomic E-state index is 12.8. The van der Waals surface area contributed by atoms with Gasteiger partial charge >= 0.3 is 0 Å². The lowest BCUT2D eigenvalue weighted by molar-refractivity contribution is 0.569. The fourth-order valence-electron chi connectivity index (χ4n) is 2.61. The van der Waals surface area contributed by atoms with Gasteiger partial charge < -0.3 is 0 Å². The van der Waals surface area contributed by atoms with E-state index in [4.69, 9.17) is 0 Å². The number of rotatable bonds is 12. The highest BCUT2D eigenvalue weighted by atomic mass is 32.2. The van der Waals surface area contributed by atoms with Crippen LogP contribution in [-0.4, -0.2) is 42.5 Å². The van der Waals surface area contributed by atoms with Gasteiger partial charge in [-0.15, -0.1) is 0 Å². The van der Waals surface area contributed by atoms with Crippen molar-refractivity contribution >= 4 is 29.5 Å². The lowest BCUT2D eigenvalue weighted by Crippen LogP contribution is -2.16. The SMILES string of the molecule is CC(C)CCS(=O)(=O)c1cc(S(=O)(=O)CCC(C)C)cc(S(=O)(=O)CCC(C)C)c1. The Balaban J connectivity index is 3.56. The van der Waals surface area contributed by atoms with Crippen LogP contribution in [0.25, 0.3) is 0 Å². The molecule has 0 radical (unpaired) electrons. The normalized spacial score (nSPS) is 13.5. The van der Waals surface area contributed by atoms with Gasteiger partial charge in [0.2, 0.25) is 0 Å². The van der Waals surface area contributed by atoms with Gasteiger partial charge in [0, 0.05) is 0 Å². The van der Waals surface area contributed by atoms with Gasteiger partial charge in [0.25, 0.3) is 0 Å². The maximum Gasteiger partial charge on any atom is 0.178 e. The van der Waals surface area contributed by atoms with E-state index in [-0.39, 0.29) is 49.7 Å². The third-order valence-corrected chi connectivity index (χ3v) is 10.0. The molecule has 30 heavy (non-hydrogen) atoms. The lowest BCUT2D eigenvalue weighted by atomic mass is 10.2. The Morgan fingerprint density at radius 2 is 0.700 bits per heavy atom. The number of sulfone groups is 3. The van der Waals surface area contributed by atoms with E-state index in [1.165, 1.54) is 0 Å². The van der Waals surface area contributed by atoms with Gasteiger partial charge in [-0.25, -0.2) is 25.3 Å². The van der Waals surface area contributed by atoms with Crippen LogP contribution >= 0.6 is 0 Å². The van der Waals surface area contributed by atoms with Crippen LogP contribution in [0.5, 0.6) is 0 Å². The minimum absolute atomic E-state index is 0.145. The second-order valence-electron chi connectivity index (χ2n) is 9.14. The standard InChI is InChI=1S/C21H36O6S3/c1-16(2)7-10-28(22,23)19-13-20(29(24,25)11-8-17(3)4)15-21(14-19)30(26,27)12-9-18(5)6/h13-18H,7-12H2,1-6H3. The molecule has 0 fully saturated rings. The Labute approximate surface area is 183 Å². The van der Waals surface area contributed by atoms with E-state index in [0.29, 0.717) is 19.3 Å². The van der Waals surface area contributed by atoms with E-state index >= 15 is 0 Å². The van der Waals surface area contributed by atoms with Crippen molar-refractivity contribution in [2.24, 2.45) is 17.8 Å². The van der Waals surface area contributed by atoms with Crippen molar-refractivity contribution in [3.05, 3.63) is 18.2 Å². The summed E-state index contributed by atoms with van der Waals surface area (Å²) in [7, 11) is -11.4. The molecule has 0 amide bonds. The van der Waals surface area contributed by atoms with E-state index in [9.17, 15) is 25.3 Å². The minimum atomic E-state index is -3.81. The third-order valence-electron chi connectivity index (χ3n) is 4.82. The van der Waals surface area contributed by atoms with E-state index < -0.39 is 29.5 Å². The van der Waals surface area contributed by atoms with Gasteiger partial charge in [-0.1, -0.05) is 41.5 Å². The van der Waals surface area contributed by atoms with Crippen LogP contribution in [-0.2, 0) is 29.5 Å². The van der Waals surface area contributed by atoms with E-state index in [1.54, 1.807) is 0 Å². The molecular formula is C21H36O6S3. The Hall–Kier alpha value is -0.930. The Kier molecular flexibility index (Phi) is 9.57. The molecule has 0 aliphatic carbocycles. The van der Waals surface area contributed by atoms with Gasteiger partial charge in [-0.05, 0) is 55.2 Å². The zero-order chi connectivity index (χ0) is 23.3. The highest BCUT2D eigenvalue weighted by molar-refractivity contribution is 7.93. The number of hydrogen-bond donors (Lipinski definition) is 0. The Morgan fingerprint density at radius 3 is 0.867 bits per heavy atom. The molecule has 0 aliphatic rings. The molecule has 0 aromatic heterocycles. The molecule has 0 bridgehead atoms.